The van der Waals surface area contributed by atoms with Crippen molar-refractivity contribution in [1.29, 1.82) is 0 Å². The molecule has 0 unspecified atom stereocenters. The van der Waals surface area contributed by atoms with Crippen molar-refractivity contribution in [3.05, 3.63) is 82.0 Å². The average Bonchev–Trinajstić information content (AvgIpc) is 3.43. The molecule has 6 nitrogen and oxygen atoms in total. The normalized spacial score (nSPS) is 10.5. The minimum absolute atomic E-state index is 0.135. The Morgan fingerprint density at radius 1 is 1.00 bits per heavy atom. The Morgan fingerprint density at radius 3 is 2.58 bits per heavy atom. The summed E-state index contributed by atoms with van der Waals surface area (Å²) in [4.78, 5) is 29.9. The molecule has 4 aromatic rings. The molecule has 2 aromatic carbocycles. The van der Waals surface area contributed by atoms with E-state index >= 15 is 0 Å². The maximum atomic E-state index is 12.8. The number of ether oxygens (including phenoxy) is 1. The van der Waals surface area contributed by atoms with Crippen molar-refractivity contribution in [2.75, 3.05) is 17.2 Å². The van der Waals surface area contributed by atoms with Crippen molar-refractivity contribution < 1.29 is 14.3 Å². The molecule has 0 fully saturated rings. The van der Waals surface area contributed by atoms with Gasteiger partial charge in [-0.05, 0) is 42.6 Å². The minimum atomic E-state index is -0.262. The summed E-state index contributed by atoms with van der Waals surface area (Å²) in [6.45, 7) is 1.69. The fraction of sp³-hybridized carbons (Fsp3) is 0.0870. The molecule has 2 N–H and O–H groups in total. The van der Waals surface area contributed by atoms with E-state index in [0.29, 0.717) is 27.7 Å². The summed E-state index contributed by atoms with van der Waals surface area (Å²) >= 11 is 2.96. The Bertz CT molecular complexity index is 1190. The van der Waals surface area contributed by atoms with Crippen molar-refractivity contribution in [2.24, 2.45) is 0 Å². The van der Waals surface area contributed by atoms with Crippen LogP contribution in [0.1, 0.15) is 15.4 Å². The highest BCUT2D eigenvalue weighted by atomic mass is 32.1. The Morgan fingerprint density at radius 2 is 1.81 bits per heavy atom. The molecule has 8 heteroatoms. The Hall–Kier alpha value is -3.49. The van der Waals surface area contributed by atoms with Crippen molar-refractivity contribution >= 4 is 45.9 Å². The van der Waals surface area contributed by atoms with Crippen molar-refractivity contribution in [3.63, 3.8) is 0 Å². The topological polar surface area (TPSA) is 80.3 Å². The van der Waals surface area contributed by atoms with E-state index in [-0.39, 0.29) is 18.4 Å². The highest BCUT2D eigenvalue weighted by molar-refractivity contribution is 7.17. The van der Waals surface area contributed by atoms with Gasteiger partial charge >= 0.3 is 0 Å². The van der Waals surface area contributed by atoms with Gasteiger partial charge in [-0.1, -0.05) is 24.3 Å². The molecule has 156 valence electrons. The van der Waals surface area contributed by atoms with Crippen molar-refractivity contribution in [3.8, 4) is 16.3 Å². The van der Waals surface area contributed by atoms with Crippen molar-refractivity contribution in [1.82, 2.24) is 4.98 Å². The van der Waals surface area contributed by atoms with E-state index in [4.69, 9.17) is 4.74 Å². The Balaban J connectivity index is 1.37. The third-order valence-electron chi connectivity index (χ3n) is 4.29. The zero-order valence-electron chi connectivity index (χ0n) is 16.6. The largest absolute Gasteiger partial charge is 0.484 e. The van der Waals surface area contributed by atoms with Gasteiger partial charge in [-0.15, -0.1) is 11.3 Å². The van der Waals surface area contributed by atoms with E-state index in [1.807, 2.05) is 41.9 Å². The molecule has 0 bridgehead atoms. The van der Waals surface area contributed by atoms with Crippen LogP contribution in [-0.4, -0.2) is 23.4 Å². The molecule has 0 aliphatic carbocycles. The lowest BCUT2D eigenvalue weighted by atomic mass is 10.3. The van der Waals surface area contributed by atoms with E-state index in [2.05, 4.69) is 15.6 Å². The molecule has 0 saturated carbocycles. The number of aromatic nitrogens is 1. The maximum absolute atomic E-state index is 12.8. The average molecular weight is 450 g/mol. The molecule has 0 saturated heterocycles. The number of thiazole rings is 1. The van der Waals surface area contributed by atoms with E-state index in [1.54, 1.807) is 47.7 Å². The first-order valence-corrected chi connectivity index (χ1v) is 11.2. The third kappa shape index (κ3) is 5.36. The predicted octanol–water partition coefficient (Wildman–Crippen LogP) is 5.45. The van der Waals surface area contributed by atoms with Gasteiger partial charge in [0.05, 0.1) is 5.69 Å². The first kappa shape index (κ1) is 20.8. The van der Waals surface area contributed by atoms with Crippen LogP contribution in [0.5, 0.6) is 5.75 Å². The Kier molecular flexibility index (Phi) is 6.40. The minimum Gasteiger partial charge on any atom is -0.484 e. The number of carbonyl (C=O) groups is 2. The zero-order chi connectivity index (χ0) is 21.6. The highest BCUT2D eigenvalue weighted by Gasteiger charge is 2.17. The molecular formula is C23H19N3O3S2. The summed E-state index contributed by atoms with van der Waals surface area (Å²) in [7, 11) is 0. The molecule has 31 heavy (non-hydrogen) atoms. The van der Waals surface area contributed by atoms with Crippen molar-refractivity contribution in [2.45, 2.75) is 6.92 Å². The van der Waals surface area contributed by atoms with Crippen LogP contribution in [0, 0.1) is 6.92 Å². The SMILES string of the molecule is Cc1nc(-c2ccsc2)sc1C(=O)Nc1cccc(OCC(=O)Nc2ccccc2)c1. The van der Waals surface area contributed by atoms with Gasteiger partial charge in [0, 0.05) is 28.4 Å². The number of anilines is 2. The fourth-order valence-electron chi connectivity index (χ4n) is 2.84. The second-order valence-electron chi connectivity index (χ2n) is 6.63. The van der Waals surface area contributed by atoms with Crippen LogP contribution in [0.3, 0.4) is 0 Å². The number of hydrogen-bond acceptors (Lipinski definition) is 6. The number of carbonyl (C=O) groups excluding carboxylic acids is 2. The number of benzene rings is 2. The molecule has 2 aromatic heterocycles. The lowest BCUT2D eigenvalue weighted by Crippen LogP contribution is -2.20. The second kappa shape index (κ2) is 9.55. The van der Waals surface area contributed by atoms with Crippen LogP contribution in [0.15, 0.2) is 71.4 Å². The van der Waals surface area contributed by atoms with E-state index in [1.165, 1.54) is 11.3 Å². The standard InChI is InChI=1S/C23H19N3O3S2/c1-15-21(31-23(24-15)16-10-11-30-14-16)22(28)26-18-8-5-9-19(12-18)29-13-20(27)25-17-6-3-2-4-7-17/h2-12,14H,13H2,1H3,(H,25,27)(H,26,28). The molecule has 0 radical (unpaired) electrons. The number of nitrogens with zero attached hydrogens (tertiary/aromatic N) is 1. The molecule has 2 amide bonds. The monoisotopic (exact) mass is 449 g/mol. The number of para-hydroxylation sites is 1. The lowest BCUT2D eigenvalue weighted by molar-refractivity contribution is -0.118. The quantitative estimate of drug-likeness (QED) is 0.393. The van der Waals surface area contributed by atoms with Gasteiger partial charge in [-0.25, -0.2) is 4.98 Å². The lowest BCUT2D eigenvalue weighted by Gasteiger charge is -2.09. The van der Waals surface area contributed by atoms with Gasteiger partial charge in [0.15, 0.2) is 6.61 Å². The molecular weight excluding hydrogens is 430 g/mol. The van der Waals surface area contributed by atoms with Crippen LogP contribution in [0.25, 0.3) is 10.6 Å². The smallest absolute Gasteiger partial charge is 0.267 e. The first-order valence-electron chi connectivity index (χ1n) is 9.47. The second-order valence-corrected chi connectivity index (χ2v) is 8.41. The number of nitrogens with one attached hydrogen (secondary N) is 2. The fourth-order valence-corrected chi connectivity index (χ4v) is 4.51. The third-order valence-corrected chi connectivity index (χ3v) is 6.18. The van der Waals surface area contributed by atoms with Gasteiger partial charge < -0.3 is 15.4 Å². The maximum Gasteiger partial charge on any atom is 0.267 e. The molecule has 0 aliphatic rings. The summed E-state index contributed by atoms with van der Waals surface area (Å²) in [5, 5.41) is 10.5. The van der Waals surface area contributed by atoms with Crippen LogP contribution in [0.4, 0.5) is 11.4 Å². The van der Waals surface area contributed by atoms with Gasteiger partial charge in [0.25, 0.3) is 11.8 Å². The summed E-state index contributed by atoms with van der Waals surface area (Å²) in [5.41, 5.74) is 2.99. The Labute approximate surface area is 187 Å². The molecule has 0 spiro atoms. The summed E-state index contributed by atoms with van der Waals surface area (Å²) in [5.74, 6) is -0.00154. The van der Waals surface area contributed by atoms with Crippen LogP contribution in [-0.2, 0) is 4.79 Å². The zero-order valence-corrected chi connectivity index (χ0v) is 18.3. The van der Waals surface area contributed by atoms with Crippen LogP contribution in [0.2, 0.25) is 0 Å². The van der Waals surface area contributed by atoms with Crippen LogP contribution < -0.4 is 15.4 Å². The molecule has 4 rings (SSSR count). The van der Waals surface area contributed by atoms with Gasteiger partial charge in [-0.3, -0.25) is 9.59 Å². The highest BCUT2D eigenvalue weighted by Crippen LogP contribution is 2.30. The predicted molar refractivity (Wildman–Crippen MR) is 125 cm³/mol. The number of amides is 2. The van der Waals surface area contributed by atoms with Gasteiger partial charge in [-0.2, -0.15) is 11.3 Å². The van der Waals surface area contributed by atoms with E-state index in [9.17, 15) is 9.59 Å². The molecule has 0 aliphatic heterocycles. The summed E-state index contributed by atoms with van der Waals surface area (Å²) < 4.78 is 5.57. The van der Waals surface area contributed by atoms with Gasteiger partial charge in [0.2, 0.25) is 0 Å². The van der Waals surface area contributed by atoms with E-state index in [0.717, 1.165) is 10.6 Å². The summed E-state index contributed by atoms with van der Waals surface area (Å²) in [6, 6.07) is 18.1. The van der Waals surface area contributed by atoms with Gasteiger partial charge in [0.1, 0.15) is 15.6 Å². The van der Waals surface area contributed by atoms with E-state index < -0.39 is 0 Å². The number of aryl methyl sites for hydroxylation is 1. The van der Waals surface area contributed by atoms with Crippen LogP contribution >= 0.6 is 22.7 Å². The molecule has 0 atom stereocenters. The number of rotatable bonds is 7. The number of thiophene rings is 1. The number of hydrogen-bond donors (Lipinski definition) is 2. The molecule has 2 heterocycles. The summed E-state index contributed by atoms with van der Waals surface area (Å²) in [6.07, 6.45) is 0. The first-order chi connectivity index (χ1) is 15.1.